The van der Waals surface area contributed by atoms with Gasteiger partial charge >= 0.3 is 0 Å². The Hall–Kier alpha value is -3.29. The van der Waals surface area contributed by atoms with Gasteiger partial charge < -0.3 is 10.2 Å². The number of benzene rings is 2. The number of hydrogen-bond donors (Lipinski definition) is 2. The van der Waals surface area contributed by atoms with Gasteiger partial charge in [0.25, 0.3) is 11.8 Å². The molecule has 0 radical (unpaired) electrons. The summed E-state index contributed by atoms with van der Waals surface area (Å²) in [5.74, 6) is -0.613. The van der Waals surface area contributed by atoms with Gasteiger partial charge in [0.1, 0.15) is 5.00 Å². The number of nitrogens with one attached hydrogen (secondary N) is 2. The highest BCUT2D eigenvalue weighted by Gasteiger charge is 2.19. The Kier molecular flexibility index (Phi) is 7.33. The number of carbonyl (C=O) groups is 2. The molecule has 0 bridgehead atoms. The second-order valence-electron chi connectivity index (χ2n) is 7.62. The Morgan fingerprint density at radius 2 is 1.81 bits per heavy atom. The van der Waals surface area contributed by atoms with Crippen molar-refractivity contribution < 1.29 is 9.59 Å². The van der Waals surface area contributed by atoms with Gasteiger partial charge in [-0.25, -0.2) is 5.43 Å². The van der Waals surface area contributed by atoms with Gasteiger partial charge in [0.05, 0.1) is 11.8 Å². The number of anilines is 1. The largest absolute Gasteiger partial charge is 0.313 e. The van der Waals surface area contributed by atoms with E-state index in [9.17, 15) is 9.59 Å². The van der Waals surface area contributed by atoms with Crippen LogP contribution in [0.1, 0.15) is 43.0 Å². The average Bonchev–Trinajstić information content (AvgIpc) is 3.09. The van der Waals surface area contributed by atoms with Crippen LogP contribution in [0, 0.1) is 13.8 Å². The predicted molar refractivity (Wildman–Crippen MR) is 127 cm³/mol. The molecular formula is C24H26N4O2S. The molecule has 0 fully saturated rings. The van der Waals surface area contributed by atoms with Gasteiger partial charge in [-0.1, -0.05) is 42.0 Å². The average molecular weight is 435 g/mol. The van der Waals surface area contributed by atoms with Crippen LogP contribution in [0.25, 0.3) is 0 Å². The summed E-state index contributed by atoms with van der Waals surface area (Å²) >= 11 is 1.32. The van der Waals surface area contributed by atoms with E-state index in [2.05, 4.69) is 15.8 Å². The van der Waals surface area contributed by atoms with Crippen molar-refractivity contribution in [2.24, 2.45) is 5.10 Å². The minimum atomic E-state index is -0.362. The van der Waals surface area contributed by atoms with Gasteiger partial charge in [0, 0.05) is 12.1 Å². The molecule has 0 atom stereocenters. The highest BCUT2D eigenvalue weighted by Crippen LogP contribution is 2.28. The van der Waals surface area contributed by atoms with Crippen molar-refractivity contribution in [3.05, 3.63) is 87.3 Å². The summed E-state index contributed by atoms with van der Waals surface area (Å²) in [5, 5.41) is 9.27. The van der Waals surface area contributed by atoms with Crippen molar-refractivity contribution in [1.29, 1.82) is 0 Å². The summed E-state index contributed by atoms with van der Waals surface area (Å²) in [6.07, 6.45) is 1.59. The number of hydrogen-bond acceptors (Lipinski definition) is 5. The number of aryl methyl sites for hydroxylation is 2. The second-order valence-corrected chi connectivity index (χ2v) is 8.50. The molecule has 2 N–H and O–H groups in total. The van der Waals surface area contributed by atoms with Crippen molar-refractivity contribution >= 4 is 34.4 Å². The highest BCUT2D eigenvalue weighted by molar-refractivity contribution is 7.15. The first-order chi connectivity index (χ1) is 14.8. The summed E-state index contributed by atoms with van der Waals surface area (Å²) in [4.78, 5) is 27.5. The monoisotopic (exact) mass is 434 g/mol. The maximum atomic E-state index is 12.8. The SMILES string of the molecule is Cc1ccc(C=NNC(=O)c2c(C)csc2NC(=O)c2cccc(CN(C)C)c2)cc1. The molecule has 0 unspecified atom stereocenters. The van der Waals surface area contributed by atoms with E-state index in [-0.39, 0.29) is 11.8 Å². The number of amides is 2. The quantitative estimate of drug-likeness (QED) is 0.426. The lowest BCUT2D eigenvalue weighted by atomic mass is 10.1. The molecule has 0 saturated heterocycles. The first-order valence-electron chi connectivity index (χ1n) is 9.86. The molecule has 2 amide bonds. The first kappa shape index (κ1) is 22.4. The van der Waals surface area contributed by atoms with Crippen LogP contribution in [0.4, 0.5) is 5.00 Å². The van der Waals surface area contributed by atoms with Crippen molar-refractivity contribution in [2.75, 3.05) is 19.4 Å². The molecule has 7 heteroatoms. The Balaban J connectivity index is 1.70. The summed E-state index contributed by atoms with van der Waals surface area (Å²) in [6.45, 7) is 4.59. The molecule has 1 aromatic heterocycles. The van der Waals surface area contributed by atoms with Gasteiger partial charge in [-0.05, 0) is 62.1 Å². The summed E-state index contributed by atoms with van der Waals surface area (Å²) in [6, 6.07) is 15.3. The molecule has 2 aromatic carbocycles. The zero-order valence-corrected chi connectivity index (χ0v) is 18.9. The number of hydrazone groups is 1. The van der Waals surface area contributed by atoms with E-state index in [1.165, 1.54) is 11.3 Å². The van der Waals surface area contributed by atoms with E-state index in [1.807, 2.05) is 80.7 Å². The van der Waals surface area contributed by atoms with Crippen molar-refractivity contribution in [1.82, 2.24) is 10.3 Å². The number of carbonyl (C=O) groups excluding carboxylic acids is 2. The molecular weight excluding hydrogens is 408 g/mol. The normalized spacial score (nSPS) is 11.1. The van der Waals surface area contributed by atoms with E-state index in [0.717, 1.165) is 28.8 Å². The minimum Gasteiger partial charge on any atom is -0.313 e. The molecule has 160 valence electrons. The van der Waals surface area contributed by atoms with Gasteiger partial charge in [-0.2, -0.15) is 5.10 Å². The highest BCUT2D eigenvalue weighted by atomic mass is 32.1. The van der Waals surface area contributed by atoms with Crippen LogP contribution in [-0.2, 0) is 6.54 Å². The number of rotatable bonds is 7. The van der Waals surface area contributed by atoms with E-state index in [4.69, 9.17) is 0 Å². The summed E-state index contributed by atoms with van der Waals surface area (Å²) in [5.41, 5.74) is 7.39. The lowest BCUT2D eigenvalue weighted by Crippen LogP contribution is -2.21. The number of nitrogens with zero attached hydrogens (tertiary/aromatic N) is 2. The Morgan fingerprint density at radius 3 is 2.52 bits per heavy atom. The fourth-order valence-electron chi connectivity index (χ4n) is 3.04. The third kappa shape index (κ3) is 6.10. The fraction of sp³-hybridized carbons (Fsp3) is 0.208. The fourth-order valence-corrected chi connectivity index (χ4v) is 3.98. The van der Waals surface area contributed by atoms with Crippen LogP contribution in [0.2, 0.25) is 0 Å². The molecule has 1 heterocycles. The third-order valence-corrected chi connectivity index (χ3v) is 5.59. The molecule has 0 saturated carbocycles. The van der Waals surface area contributed by atoms with Crippen molar-refractivity contribution in [2.45, 2.75) is 20.4 Å². The van der Waals surface area contributed by atoms with Crippen LogP contribution >= 0.6 is 11.3 Å². The standard InChI is InChI=1S/C24H26N4O2S/c1-16-8-10-18(11-9-16)13-25-27-23(30)21-17(2)15-31-24(21)26-22(29)20-7-5-6-19(12-20)14-28(3)4/h5-13,15H,14H2,1-4H3,(H,26,29)(H,27,30). The topological polar surface area (TPSA) is 73.8 Å². The Bertz CT molecular complexity index is 1100. The lowest BCUT2D eigenvalue weighted by molar-refractivity contribution is 0.0956. The minimum absolute atomic E-state index is 0.250. The number of thiophene rings is 1. The third-order valence-electron chi connectivity index (χ3n) is 4.57. The lowest BCUT2D eigenvalue weighted by Gasteiger charge is -2.11. The zero-order valence-electron chi connectivity index (χ0n) is 18.1. The molecule has 0 aliphatic carbocycles. The van der Waals surface area contributed by atoms with Crippen LogP contribution in [0.3, 0.4) is 0 Å². The smallest absolute Gasteiger partial charge is 0.274 e. The van der Waals surface area contributed by atoms with Crippen molar-refractivity contribution in [3.63, 3.8) is 0 Å². The summed E-state index contributed by atoms with van der Waals surface area (Å²) in [7, 11) is 3.96. The van der Waals surface area contributed by atoms with E-state index in [1.54, 1.807) is 12.3 Å². The molecule has 3 aromatic rings. The first-order valence-corrected chi connectivity index (χ1v) is 10.7. The van der Waals surface area contributed by atoms with Crippen LogP contribution in [-0.4, -0.2) is 37.0 Å². The van der Waals surface area contributed by atoms with E-state index >= 15 is 0 Å². The van der Waals surface area contributed by atoms with E-state index < -0.39 is 0 Å². The second kappa shape index (κ2) is 10.1. The predicted octanol–water partition coefficient (Wildman–Crippen LogP) is 4.44. The Labute approximate surface area is 186 Å². The molecule has 6 nitrogen and oxygen atoms in total. The van der Waals surface area contributed by atoms with Crippen LogP contribution in [0.5, 0.6) is 0 Å². The van der Waals surface area contributed by atoms with Gasteiger partial charge in [0.15, 0.2) is 0 Å². The molecule has 0 aliphatic rings. The van der Waals surface area contributed by atoms with Gasteiger partial charge in [0.2, 0.25) is 0 Å². The maximum absolute atomic E-state index is 12.8. The maximum Gasteiger partial charge on any atom is 0.274 e. The molecule has 31 heavy (non-hydrogen) atoms. The van der Waals surface area contributed by atoms with Gasteiger partial charge in [-0.15, -0.1) is 11.3 Å². The van der Waals surface area contributed by atoms with Crippen LogP contribution < -0.4 is 10.7 Å². The van der Waals surface area contributed by atoms with Crippen LogP contribution in [0.15, 0.2) is 59.0 Å². The Morgan fingerprint density at radius 1 is 1.06 bits per heavy atom. The van der Waals surface area contributed by atoms with Gasteiger partial charge in [-0.3, -0.25) is 9.59 Å². The molecule has 0 spiro atoms. The zero-order chi connectivity index (χ0) is 22.4. The summed E-state index contributed by atoms with van der Waals surface area (Å²) < 4.78 is 0. The van der Waals surface area contributed by atoms with E-state index in [0.29, 0.717) is 16.1 Å². The van der Waals surface area contributed by atoms with Crippen molar-refractivity contribution in [3.8, 4) is 0 Å². The molecule has 3 rings (SSSR count). The molecule has 0 aliphatic heterocycles.